The number of rotatable bonds is 12. The zero-order valence-corrected chi connectivity index (χ0v) is 21.7. The Labute approximate surface area is 218 Å². The van der Waals surface area contributed by atoms with Crippen LogP contribution in [0.15, 0.2) is 66.7 Å². The van der Waals surface area contributed by atoms with Gasteiger partial charge in [0.15, 0.2) is 0 Å². The van der Waals surface area contributed by atoms with Crippen LogP contribution in [0.3, 0.4) is 0 Å². The molecular formula is C28H34N2O6S. The molecule has 9 heteroatoms. The van der Waals surface area contributed by atoms with E-state index in [4.69, 9.17) is 9.47 Å². The van der Waals surface area contributed by atoms with E-state index in [0.29, 0.717) is 24.6 Å². The van der Waals surface area contributed by atoms with Crippen molar-refractivity contribution in [2.75, 3.05) is 30.7 Å². The first-order chi connectivity index (χ1) is 17.8. The van der Waals surface area contributed by atoms with Gasteiger partial charge in [0.25, 0.3) is 0 Å². The Morgan fingerprint density at radius 1 is 1.05 bits per heavy atom. The van der Waals surface area contributed by atoms with Crippen LogP contribution in [-0.4, -0.2) is 50.7 Å². The summed E-state index contributed by atoms with van der Waals surface area (Å²) >= 11 is 0. The molecule has 0 spiro atoms. The summed E-state index contributed by atoms with van der Waals surface area (Å²) in [5, 5.41) is 23.6. The number of aliphatic hydroxyl groups excluding tert-OH is 1. The van der Waals surface area contributed by atoms with Gasteiger partial charge in [0.1, 0.15) is 36.6 Å². The third-order valence-electron chi connectivity index (χ3n) is 6.26. The number of aryl methyl sites for hydroxylation is 1. The lowest BCUT2D eigenvalue weighted by atomic mass is 9.82. The van der Waals surface area contributed by atoms with E-state index in [1.54, 1.807) is 24.3 Å². The van der Waals surface area contributed by atoms with Gasteiger partial charge in [-0.3, -0.25) is 4.72 Å². The first-order valence-electron chi connectivity index (χ1n) is 12.4. The van der Waals surface area contributed by atoms with Gasteiger partial charge in [-0.1, -0.05) is 36.4 Å². The van der Waals surface area contributed by atoms with E-state index in [1.807, 2.05) is 42.5 Å². The van der Waals surface area contributed by atoms with Crippen LogP contribution < -0.4 is 19.5 Å². The van der Waals surface area contributed by atoms with Crippen molar-refractivity contribution in [3.8, 4) is 17.2 Å². The van der Waals surface area contributed by atoms with Crippen LogP contribution in [0, 0.1) is 0 Å². The van der Waals surface area contributed by atoms with E-state index in [9.17, 15) is 18.6 Å². The number of benzene rings is 3. The average molecular weight is 527 g/mol. The molecule has 1 aliphatic rings. The number of hydrogen-bond donors (Lipinski definition) is 4. The summed E-state index contributed by atoms with van der Waals surface area (Å²) in [5.74, 6) is 1.36. The Hall–Kier alpha value is -3.27. The number of sulfonamides is 1. The molecule has 1 aliphatic carbocycles. The van der Waals surface area contributed by atoms with Crippen LogP contribution in [0.25, 0.3) is 0 Å². The molecule has 0 bridgehead atoms. The molecule has 8 nitrogen and oxygen atoms in total. The predicted molar refractivity (Wildman–Crippen MR) is 144 cm³/mol. The predicted octanol–water partition coefficient (Wildman–Crippen LogP) is 3.79. The summed E-state index contributed by atoms with van der Waals surface area (Å²) < 4.78 is 37.8. The van der Waals surface area contributed by atoms with Crippen molar-refractivity contribution >= 4 is 15.7 Å². The van der Waals surface area contributed by atoms with Crippen LogP contribution in [0.5, 0.6) is 17.2 Å². The number of aromatic hydroxyl groups is 1. The summed E-state index contributed by atoms with van der Waals surface area (Å²) in [7, 11) is -3.54. The lowest BCUT2D eigenvalue weighted by Crippen LogP contribution is -2.34. The monoisotopic (exact) mass is 526 g/mol. The summed E-state index contributed by atoms with van der Waals surface area (Å²) in [6.07, 6.45) is 3.47. The second kappa shape index (κ2) is 12.3. The zero-order valence-electron chi connectivity index (χ0n) is 20.9. The Kier molecular flexibility index (Phi) is 8.91. The molecule has 0 saturated carbocycles. The fourth-order valence-electron chi connectivity index (χ4n) is 4.51. The van der Waals surface area contributed by atoms with Crippen molar-refractivity contribution in [1.29, 1.82) is 0 Å². The van der Waals surface area contributed by atoms with E-state index in [-0.39, 0.29) is 30.6 Å². The van der Waals surface area contributed by atoms with Crippen molar-refractivity contribution in [2.45, 2.75) is 37.9 Å². The minimum Gasteiger partial charge on any atom is -0.508 e. The molecule has 2 atom stereocenters. The molecule has 0 fully saturated rings. The normalized spacial score (nSPS) is 16.0. The molecule has 37 heavy (non-hydrogen) atoms. The highest BCUT2D eigenvalue weighted by Crippen LogP contribution is 2.33. The van der Waals surface area contributed by atoms with Crippen molar-refractivity contribution in [3.05, 3.63) is 83.4 Å². The second-order valence-corrected chi connectivity index (χ2v) is 11.2. The molecule has 3 aromatic carbocycles. The Bertz CT molecular complexity index is 1280. The average Bonchev–Trinajstić information content (AvgIpc) is 2.87. The molecule has 3 aromatic rings. The molecular weight excluding hydrogens is 492 g/mol. The van der Waals surface area contributed by atoms with E-state index in [0.717, 1.165) is 31.1 Å². The number of phenols is 1. The largest absolute Gasteiger partial charge is 0.508 e. The van der Waals surface area contributed by atoms with Crippen LogP contribution in [0.1, 0.15) is 35.4 Å². The standard InChI is InChI=1S/C28H34N2O6S/c1-37(33,34)30-27-15-25(12-13-28(27)36-18-20-6-3-2-4-7-20)35-19-24(32)17-29-16-22-9-5-8-21-10-11-23(31)14-26(21)22/h2-4,6-7,10-15,22,24,29-32H,5,8-9,16-19H2,1H3/t22?,24-/m0/s1. The van der Waals surface area contributed by atoms with Gasteiger partial charge in [0.05, 0.1) is 11.9 Å². The molecule has 0 saturated heterocycles. The van der Waals surface area contributed by atoms with Gasteiger partial charge in [-0.15, -0.1) is 0 Å². The molecule has 198 valence electrons. The zero-order chi connectivity index (χ0) is 26.3. The highest BCUT2D eigenvalue weighted by molar-refractivity contribution is 7.92. The van der Waals surface area contributed by atoms with Crippen LogP contribution in [-0.2, 0) is 23.1 Å². The highest BCUT2D eigenvalue weighted by Gasteiger charge is 2.21. The van der Waals surface area contributed by atoms with E-state index >= 15 is 0 Å². The van der Waals surface area contributed by atoms with Crippen LogP contribution >= 0.6 is 0 Å². The number of nitrogens with one attached hydrogen (secondary N) is 2. The van der Waals surface area contributed by atoms with Crippen molar-refractivity contribution in [3.63, 3.8) is 0 Å². The lowest BCUT2D eigenvalue weighted by molar-refractivity contribution is 0.106. The fourth-order valence-corrected chi connectivity index (χ4v) is 5.07. The minimum atomic E-state index is -3.54. The molecule has 1 unspecified atom stereocenters. The molecule has 0 aromatic heterocycles. The van der Waals surface area contributed by atoms with Gasteiger partial charge in [0.2, 0.25) is 10.0 Å². The van der Waals surface area contributed by atoms with Gasteiger partial charge in [-0.05, 0) is 66.1 Å². The van der Waals surface area contributed by atoms with Gasteiger partial charge >= 0.3 is 0 Å². The summed E-state index contributed by atoms with van der Waals surface area (Å²) in [6.45, 7) is 1.37. The van der Waals surface area contributed by atoms with Crippen molar-refractivity contribution < 1.29 is 28.1 Å². The smallest absolute Gasteiger partial charge is 0.229 e. The maximum absolute atomic E-state index is 11.9. The van der Waals surface area contributed by atoms with Crippen LogP contribution in [0.2, 0.25) is 0 Å². The number of phenolic OH excluding ortho intramolecular Hbond substituents is 1. The Balaban J connectivity index is 1.30. The van der Waals surface area contributed by atoms with Gasteiger partial charge in [0, 0.05) is 19.2 Å². The molecule has 0 radical (unpaired) electrons. The number of hydrogen-bond acceptors (Lipinski definition) is 7. The summed E-state index contributed by atoms with van der Waals surface area (Å²) in [6, 6.07) is 20.0. The molecule has 4 N–H and O–H groups in total. The number of anilines is 1. The van der Waals surface area contributed by atoms with Gasteiger partial charge < -0.3 is 25.0 Å². The molecule has 0 amide bonds. The number of ether oxygens (including phenoxy) is 2. The van der Waals surface area contributed by atoms with E-state index in [2.05, 4.69) is 10.0 Å². The van der Waals surface area contributed by atoms with Crippen molar-refractivity contribution in [2.24, 2.45) is 0 Å². The molecule has 4 rings (SSSR count). The maximum Gasteiger partial charge on any atom is 0.229 e. The number of fused-ring (bicyclic) bond motifs is 1. The topological polar surface area (TPSA) is 117 Å². The van der Waals surface area contributed by atoms with E-state index in [1.165, 1.54) is 11.1 Å². The lowest BCUT2D eigenvalue weighted by Gasteiger charge is -2.26. The first-order valence-corrected chi connectivity index (χ1v) is 14.3. The summed E-state index contributed by atoms with van der Waals surface area (Å²) in [4.78, 5) is 0. The van der Waals surface area contributed by atoms with E-state index < -0.39 is 16.1 Å². The minimum absolute atomic E-state index is 0.0393. The molecule has 0 aliphatic heterocycles. The molecule has 0 heterocycles. The first kappa shape index (κ1) is 26.8. The van der Waals surface area contributed by atoms with Crippen LogP contribution in [0.4, 0.5) is 5.69 Å². The second-order valence-electron chi connectivity index (χ2n) is 9.40. The Morgan fingerprint density at radius 3 is 2.65 bits per heavy atom. The van der Waals surface area contributed by atoms with Crippen molar-refractivity contribution in [1.82, 2.24) is 5.32 Å². The summed E-state index contributed by atoms with van der Waals surface area (Å²) in [5.41, 5.74) is 3.67. The third kappa shape index (κ3) is 8.11. The quantitative estimate of drug-likeness (QED) is 0.284. The maximum atomic E-state index is 11.9. The Morgan fingerprint density at radius 2 is 1.86 bits per heavy atom. The fraction of sp³-hybridized carbons (Fsp3) is 0.357. The highest BCUT2D eigenvalue weighted by atomic mass is 32.2. The third-order valence-corrected chi connectivity index (χ3v) is 6.86. The number of aliphatic hydroxyl groups is 1. The van der Waals surface area contributed by atoms with Gasteiger partial charge in [-0.25, -0.2) is 8.42 Å². The van der Waals surface area contributed by atoms with Gasteiger partial charge in [-0.2, -0.15) is 0 Å². The SMILES string of the molecule is CS(=O)(=O)Nc1cc(OC[C@@H](O)CNCC2CCCc3ccc(O)cc32)ccc1OCc1ccccc1.